The molecule has 1 heterocycles. The highest BCUT2D eigenvalue weighted by Gasteiger charge is 2.14. The van der Waals surface area contributed by atoms with Gasteiger partial charge in [-0.05, 0) is 28.7 Å². The summed E-state index contributed by atoms with van der Waals surface area (Å²) in [5, 5.41) is 17.8. The van der Waals surface area contributed by atoms with Crippen LogP contribution in [0.25, 0.3) is 0 Å². The number of rotatable bonds is 7. The van der Waals surface area contributed by atoms with E-state index in [9.17, 15) is 14.9 Å². The number of amides is 1. The molecule has 0 aliphatic heterocycles. The predicted molar refractivity (Wildman–Crippen MR) is 82.0 cm³/mol. The molecular formula is C13H14N6O5. The normalized spacial score (nSPS) is 10.6. The second-order valence-electron chi connectivity index (χ2n) is 4.41. The maximum Gasteiger partial charge on any atom is 0.490 e. The van der Waals surface area contributed by atoms with Crippen LogP contribution in [-0.4, -0.2) is 46.0 Å². The number of carbonyl (C=O) groups excluding carboxylic acids is 1. The molecule has 0 unspecified atom stereocenters. The molecule has 1 aromatic carbocycles. The van der Waals surface area contributed by atoms with Crippen molar-refractivity contribution in [2.75, 3.05) is 14.2 Å². The molecule has 2 aromatic rings. The number of benzene rings is 1. The smallest absolute Gasteiger partial charge is 0.490 e. The summed E-state index contributed by atoms with van der Waals surface area (Å²) < 4.78 is 11.3. The highest BCUT2D eigenvalue weighted by Crippen LogP contribution is 2.26. The van der Waals surface area contributed by atoms with E-state index in [0.29, 0.717) is 17.1 Å². The van der Waals surface area contributed by atoms with E-state index in [4.69, 9.17) is 9.47 Å². The molecule has 0 radical (unpaired) electrons. The van der Waals surface area contributed by atoms with Gasteiger partial charge >= 0.3 is 5.95 Å². The van der Waals surface area contributed by atoms with Gasteiger partial charge in [-0.1, -0.05) is 4.98 Å². The first-order valence-corrected chi connectivity index (χ1v) is 6.61. The van der Waals surface area contributed by atoms with Crippen molar-refractivity contribution in [3.63, 3.8) is 0 Å². The van der Waals surface area contributed by atoms with Crippen LogP contribution >= 0.6 is 0 Å². The van der Waals surface area contributed by atoms with Crippen molar-refractivity contribution < 1.29 is 19.2 Å². The standard InChI is InChI=1S/C13H14N6O5/c1-23-10-4-3-9(5-11(10)24-2)6-15-16-12(20)7-18-8-14-13(17-18)19(21)22/h3-6,8H,7H2,1-2H3,(H,16,20)/b15-6+. The van der Waals surface area contributed by atoms with Gasteiger partial charge in [0.15, 0.2) is 11.5 Å². The number of methoxy groups -OCH3 is 2. The molecule has 11 heteroatoms. The van der Waals surface area contributed by atoms with Crippen molar-refractivity contribution in [1.82, 2.24) is 20.2 Å². The van der Waals surface area contributed by atoms with E-state index < -0.39 is 16.8 Å². The Morgan fingerprint density at radius 1 is 1.42 bits per heavy atom. The first-order chi connectivity index (χ1) is 11.5. The van der Waals surface area contributed by atoms with Crippen molar-refractivity contribution in [2.45, 2.75) is 6.54 Å². The van der Waals surface area contributed by atoms with Crippen molar-refractivity contribution in [3.05, 3.63) is 40.2 Å². The van der Waals surface area contributed by atoms with Gasteiger partial charge in [0.05, 0.1) is 20.4 Å². The minimum absolute atomic E-state index is 0.246. The molecule has 0 fully saturated rings. The van der Waals surface area contributed by atoms with Gasteiger partial charge in [-0.3, -0.25) is 4.79 Å². The lowest BCUT2D eigenvalue weighted by Gasteiger charge is -2.07. The number of hydrogen-bond donors (Lipinski definition) is 1. The third-order valence-corrected chi connectivity index (χ3v) is 2.80. The van der Waals surface area contributed by atoms with Crippen LogP contribution in [0.3, 0.4) is 0 Å². The summed E-state index contributed by atoms with van der Waals surface area (Å²) in [4.78, 5) is 24.8. The van der Waals surface area contributed by atoms with E-state index in [1.807, 2.05) is 0 Å². The van der Waals surface area contributed by atoms with E-state index in [0.717, 1.165) is 11.0 Å². The average molecular weight is 334 g/mol. The van der Waals surface area contributed by atoms with Crippen molar-refractivity contribution in [1.29, 1.82) is 0 Å². The molecule has 0 saturated carbocycles. The van der Waals surface area contributed by atoms with Gasteiger partial charge in [-0.2, -0.15) is 9.78 Å². The number of carbonyl (C=O) groups is 1. The van der Waals surface area contributed by atoms with Gasteiger partial charge in [-0.15, -0.1) is 0 Å². The van der Waals surface area contributed by atoms with Gasteiger partial charge in [0, 0.05) is 5.10 Å². The monoisotopic (exact) mass is 334 g/mol. The van der Waals surface area contributed by atoms with Crippen molar-refractivity contribution in [3.8, 4) is 11.5 Å². The molecule has 1 aromatic heterocycles. The summed E-state index contributed by atoms with van der Waals surface area (Å²) in [6.07, 6.45) is 2.51. The first-order valence-electron chi connectivity index (χ1n) is 6.61. The summed E-state index contributed by atoms with van der Waals surface area (Å²) in [6, 6.07) is 5.13. The van der Waals surface area contributed by atoms with E-state index in [2.05, 4.69) is 20.6 Å². The topological polar surface area (TPSA) is 134 Å². The summed E-state index contributed by atoms with van der Waals surface area (Å²) in [5.74, 6) is 0.0253. The minimum atomic E-state index is -0.746. The van der Waals surface area contributed by atoms with Crippen LogP contribution in [0.15, 0.2) is 29.6 Å². The molecule has 0 saturated heterocycles. The molecule has 0 aliphatic rings. The van der Waals surface area contributed by atoms with Crippen LogP contribution in [0.2, 0.25) is 0 Å². The molecule has 11 nitrogen and oxygen atoms in total. The molecule has 1 amide bonds. The fourth-order valence-corrected chi connectivity index (χ4v) is 1.74. The molecule has 0 atom stereocenters. The van der Waals surface area contributed by atoms with E-state index in [1.54, 1.807) is 18.2 Å². The van der Waals surface area contributed by atoms with Crippen LogP contribution in [0.1, 0.15) is 5.56 Å². The van der Waals surface area contributed by atoms with Crippen LogP contribution < -0.4 is 14.9 Å². The lowest BCUT2D eigenvalue weighted by Crippen LogP contribution is -2.23. The van der Waals surface area contributed by atoms with Crippen molar-refractivity contribution >= 4 is 18.1 Å². The Bertz CT molecular complexity index is 772. The first kappa shape index (κ1) is 16.9. The van der Waals surface area contributed by atoms with Gasteiger partial charge in [-0.25, -0.2) is 5.43 Å². The molecule has 0 aliphatic carbocycles. The Labute approximate surface area is 136 Å². The fourth-order valence-electron chi connectivity index (χ4n) is 1.74. The van der Waals surface area contributed by atoms with Crippen LogP contribution in [0.5, 0.6) is 11.5 Å². The Kier molecular flexibility index (Phi) is 5.39. The number of hydrogen-bond acceptors (Lipinski definition) is 8. The van der Waals surface area contributed by atoms with E-state index in [-0.39, 0.29) is 6.54 Å². The maximum atomic E-state index is 11.7. The third-order valence-electron chi connectivity index (χ3n) is 2.80. The fraction of sp³-hybridized carbons (Fsp3) is 0.231. The maximum absolute atomic E-state index is 11.7. The molecule has 0 bridgehead atoms. The average Bonchev–Trinajstić information content (AvgIpc) is 3.03. The Balaban J connectivity index is 1.93. The molecule has 126 valence electrons. The second kappa shape index (κ2) is 7.67. The zero-order valence-electron chi connectivity index (χ0n) is 12.9. The summed E-state index contributed by atoms with van der Waals surface area (Å²) >= 11 is 0. The van der Waals surface area contributed by atoms with Gasteiger partial charge in [0.25, 0.3) is 5.91 Å². The minimum Gasteiger partial charge on any atom is -0.493 e. The summed E-state index contributed by atoms with van der Waals surface area (Å²) in [5.41, 5.74) is 2.97. The summed E-state index contributed by atoms with van der Waals surface area (Å²) in [7, 11) is 3.04. The van der Waals surface area contributed by atoms with E-state index >= 15 is 0 Å². The molecule has 1 N–H and O–H groups in total. The number of aromatic nitrogens is 3. The molecule has 0 spiro atoms. The molecule has 24 heavy (non-hydrogen) atoms. The van der Waals surface area contributed by atoms with Crippen LogP contribution in [0, 0.1) is 10.1 Å². The molecule has 2 rings (SSSR count). The number of nitrogens with zero attached hydrogens (tertiary/aromatic N) is 5. The lowest BCUT2D eigenvalue weighted by molar-refractivity contribution is -0.394. The Morgan fingerprint density at radius 3 is 2.79 bits per heavy atom. The largest absolute Gasteiger partial charge is 0.493 e. The zero-order valence-corrected chi connectivity index (χ0v) is 12.9. The number of ether oxygens (including phenoxy) is 2. The van der Waals surface area contributed by atoms with Crippen molar-refractivity contribution in [2.24, 2.45) is 5.10 Å². The SMILES string of the molecule is COc1ccc(/C=N/NC(=O)Cn2cnc([N+](=O)[O-])n2)cc1OC. The second-order valence-corrected chi connectivity index (χ2v) is 4.41. The highest BCUT2D eigenvalue weighted by molar-refractivity contribution is 5.83. The Morgan fingerprint density at radius 2 is 2.17 bits per heavy atom. The van der Waals surface area contributed by atoms with Crippen LogP contribution in [0.4, 0.5) is 5.95 Å². The summed E-state index contributed by atoms with van der Waals surface area (Å²) in [6.45, 7) is -0.246. The number of nitrogens with one attached hydrogen (secondary N) is 1. The van der Waals surface area contributed by atoms with Gasteiger partial charge in [0.1, 0.15) is 6.54 Å². The quantitative estimate of drug-likeness (QED) is 0.439. The van der Waals surface area contributed by atoms with Gasteiger partial charge in [0.2, 0.25) is 6.33 Å². The zero-order chi connectivity index (χ0) is 17.5. The third kappa shape index (κ3) is 4.25. The van der Waals surface area contributed by atoms with Gasteiger partial charge < -0.3 is 19.6 Å². The van der Waals surface area contributed by atoms with E-state index in [1.165, 1.54) is 20.4 Å². The lowest BCUT2D eigenvalue weighted by atomic mass is 10.2. The van der Waals surface area contributed by atoms with Crippen LogP contribution in [-0.2, 0) is 11.3 Å². The Hall–Kier alpha value is -3.50. The number of hydrazone groups is 1. The molecular weight excluding hydrogens is 320 g/mol. The predicted octanol–water partition coefficient (Wildman–Crippen LogP) is 0.354. The highest BCUT2D eigenvalue weighted by atomic mass is 16.6. The number of nitro groups is 1.